The number of hydrogen-bond acceptors (Lipinski definition) is 1. The molecule has 0 fully saturated rings. The normalized spacial score (nSPS) is 12.9. The van der Waals surface area contributed by atoms with Crippen LogP contribution < -0.4 is 5.30 Å². The molecule has 0 spiro atoms. The fourth-order valence-corrected chi connectivity index (χ4v) is 6.00. The highest BCUT2D eigenvalue weighted by Crippen LogP contribution is 2.40. The first kappa shape index (κ1) is 19.5. The molecule has 0 amide bonds. The molecule has 0 aliphatic carbocycles. The molecule has 0 N–H and O–H groups in total. The monoisotopic (exact) mass is 373 g/mol. The Bertz CT molecular complexity index is 943. The number of nitrogens with zero attached hydrogens (tertiary/aromatic N) is 1. The molecule has 3 aromatic carbocycles. The Morgan fingerprint density at radius 1 is 0.704 bits per heavy atom. The maximum atomic E-state index is 5.25. The molecule has 0 bridgehead atoms. The maximum Gasteiger partial charge on any atom is 0.0752 e. The average Bonchev–Trinajstić information content (AvgIpc) is 2.61. The Morgan fingerprint density at radius 3 is 1.81 bits per heavy atom. The molecule has 0 aliphatic heterocycles. The smallest absolute Gasteiger partial charge is 0.0752 e. The van der Waals surface area contributed by atoms with E-state index < -0.39 is 7.92 Å². The third kappa shape index (κ3) is 4.20. The minimum Gasteiger partial charge on any atom is -0.247 e. The van der Waals surface area contributed by atoms with Crippen molar-refractivity contribution < 1.29 is 0 Å². The lowest BCUT2D eigenvalue weighted by Gasteiger charge is -2.22. The lowest BCUT2D eigenvalue weighted by molar-refractivity contribution is 1.33. The maximum absolute atomic E-state index is 5.25. The van der Waals surface area contributed by atoms with Gasteiger partial charge in [-0.1, -0.05) is 66.2 Å². The summed E-state index contributed by atoms with van der Waals surface area (Å²) in [5, 5.41) is 1.45. The first-order chi connectivity index (χ1) is 12.9. The van der Waals surface area contributed by atoms with Gasteiger partial charge in [0.25, 0.3) is 0 Å². The average molecular weight is 373 g/mol. The molecule has 138 valence electrons. The largest absolute Gasteiger partial charge is 0.247 e. The van der Waals surface area contributed by atoms with E-state index in [2.05, 4.69) is 102 Å². The van der Waals surface area contributed by atoms with Crippen molar-refractivity contribution >= 4 is 24.4 Å². The number of para-hydroxylation sites is 1. The van der Waals surface area contributed by atoms with Gasteiger partial charge in [-0.2, -0.15) is 0 Å². The molecule has 0 heterocycles. The van der Waals surface area contributed by atoms with Gasteiger partial charge in [0.1, 0.15) is 0 Å². The van der Waals surface area contributed by atoms with Crippen LogP contribution in [0.25, 0.3) is 0 Å². The van der Waals surface area contributed by atoms with Gasteiger partial charge >= 0.3 is 0 Å². The van der Waals surface area contributed by atoms with E-state index in [1.54, 1.807) is 0 Å². The predicted molar refractivity (Wildman–Crippen MR) is 122 cm³/mol. The summed E-state index contributed by atoms with van der Waals surface area (Å²) in [5.41, 5.74) is 10.0. The third-order valence-electron chi connectivity index (χ3n) is 4.98. The van der Waals surface area contributed by atoms with Crippen molar-refractivity contribution in [3.05, 3.63) is 94.0 Å². The van der Waals surface area contributed by atoms with Crippen molar-refractivity contribution in [1.82, 2.24) is 0 Å². The van der Waals surface area contributed by atoms with Gasteiger partial charge in [0.05, 0.1) is 11.1 Å². The minimum atomic E-state index is -0.568. The van der Waals surface area contributed by atoms with E-state index in [9.17, 15) is 0 Å². The SMILES string of the molecule is Cc1cc(C)c(P(C)C(=Nc2c(C)cccc2C)c2ccccc2)c(C)c1. The lowest BCUT2D eigenvalue weighted by Crippen LogP contribution is -2.16. The highest BCUT2D eigenvalue weighted by atomic mass is 31.1. The number of aliphatic imine (C=N–C) groups is 1. The van der Waals surface area contributed by atoms with Gasteiger partial charge in [-0.25, -0.2) is 4.99 Å². The summed E-state index contributed by atoms with van der Waals surface area (Å²) < 4.78 is 0. The molecule has 3 aromatic rings. The molecule has 1 unspecified atom stereocenters. The quantitative estimate of drug-likeness (QED) is 0.354. The highest BCUT2D eigenvalue weighted by molar-refractivity contribution is 7.82. The van der Waals surface area contributed by atoms with Crippen LogP contribution in [-0.4, -0.2) is 12.1 Å². The van der Waals surface area contributed by atoms with Crippen LogP contribution >= 0.6 is 7.92 Å². The van der Waals surface area contributed by atoms with Gasteiger partial charge in [-0.05, 0) is 76.8 Å². The molecule has 0 radical (unpaired) electrons. The van der Waals surface area contributed by atoms with Crippen LogP contribution in [0, 0.1) is 34.6 Å². The summed E-state index contributed by atoms with van der Waals surface area (Å²) >= 11 is 0. The molecule has 2 heteroatoms. The first-order valence-corrected chi connectivity index (χ1v) is 11.2. The van der Waals surface area contributed by atoms with E-state index in [1.165, 1.54) is 44.1 Å². The van der Waals surface area contributed by atoms with Crippen molar-refractivity contribution in [2.45, 2.75) is 34.6 Å². The zero-order chi connectivity index (χ0) is 19.6. The molecular weight excluding hydrogens is 345 g/mol. The van der Waals surface area contributed by atoms with E-state index in [-0.39, 0.29) is 0 Å². The highest BCUT2D eigenvalue weighted by Gasteiger charge is 2.20. The van der Waals surface area contributed by atoms with E-state index in [0.29, 0.717) is 0 Å². The second kappa shape index (κ2) is 8.19. The van der Waals surface area contributed by atoms with Gasteiger partial charge in [0.2, 0.25) is 0 Å². The zero-order valence-corrected chi connectivity index (χ0v) is 18.1. The van der Waals surface area contributed by atoms with Crippen molar-refractivity contribution in [1.29, 1.82) is 0 Å². The molecule has 27 heavy (non-hydrogen) atoms. The van der Waals surface area contributed by atoms with Crippen LogP contribution in [-0.2, 0) is 0 Å². The Hall–Kier alpha value is -2.24. The fraction of sp³-hybridized carbons (Fsp3) is 0.240. The molecule has 1 atom stereocenters. The first-order valence-electron chi connectivity index (χ1n) is 9.40. The number of benzene rings is 3. The van der Waals surface area contributed by atoms with Gasteiger partial charge in [0.15, 0.2) is 0 Å². The molecule has 1 nitrogen and oxygen atoms in total. The van der Waals surface area contributed by atoms with Crippen LogP contribution in [0.3, 0.4) is 0 Å². The standard InChI is InChI=1S/C25H28NP/c1-17-15-20(4)24(21(5)16-17)27(6)25(22-13-8-7-9-14-22)26-23-18(2)11-10-12-19(23)3/h7-16H,1-6H3. The Balaban J connectivity index is 2.22. The molecule has 0 saturated heterocycles. The van der Waals surface area contributed by atoms with Crippen LogP contribution in [0.15, 0.2) is 65.7 Å². The second-order valence-electron chi connectivity index (χ2n) is 7.35. The molecule has 0 aromatic heterocycles. The fourth-order valence-electron chi connectivity index (χ4n) is 3.82. The van der Waals surface area contributed by atoms with Crippen molar-refractivity contribution in [2.75, 3.05) is 6.66 Å². The zero-order valence-electron chi connectivity index (χ0n) is 17.2. The van der Waals surface area contributed by atoms with Crippen LogP contribution in [0.1, 0.15) is 33.4 Å². The molecule has 0 aliphatic rings. The van der Waals surface area contributed by atoms with E-state index in [1.807, 2.05) is 0 Å². The second-order valence-corrected chi connectivity index (χ2v) is 9.34. The number of rotatable bonds is 4. The van der Waals surface area contributed by atoms with E-state index >= 15 is 0 Å². The van der Waals surface area contributed by atoms with Crippen LogP contribution in [0.5, 0.6) is 0 Å². The third-order valence-corrected chi connectivity index (χ3v) is 7.35. The van der Waals surface area contributed by atoms with Gasteiger partial charge in [-0.15, -0.1) is 0 Å². The molecule has 0 saturated carbocycles. The number of aryl methyl sites for hydroxylation is 5. The summed E-state index contributed by atoms with van der Waals surface area (Å²) in [6, 6.07) is 21.6. The Kier molecular flexibility index (Phi) is 5.92. The van der Waals surface area contributed by atoms with Gasteiger partial charge in [-0.3, -0.25) is 0 Å². The summed E-state index contributed by atoms with van der Waals surface area (Å²) in [5.74, 6) is 0. The topological polar surface area (TPSA) is 12.4 Å². The van der Waals surface area contributed by atoms with Gasteiger partial charge < -0.3 is 0 Å². The summed E-state index contributed by atoms with van der Waals surface area (Å²) in [6.45, 7) is 13.3. The summed E-state index contributed by atoms with van der Waals surface area (Å²) in [6.07, 6.45) is 0. The van der Waals surface area contributed by atoms with E-state index in [0.717, 1.165) is 5.69 Å². The Morgan fingerprint density at radius 2 is 1.26 bits per heavy atom. The lowest BCUT2D eigenvalue weighted by atomic mass is 10.1. The van der Waals surface area contributed by atoms with Crippen LogP contribution in [0.4, 0.5) is 5.69 Å². The molecular formula is C25H28NP. The van der Waals surface area contributed by atoms with Crippen molar-refractivity contribution in [3.63, 3.8) is 0 Å². The van der Waals surface area contributed by atoms with E-state index in [4.69, 9.17) is 4.99 Å². The van der Waals surface area contributed by atoms with Gasteiger partial charge in [0, 0.05) is 5.56 Å². The summed E-state index contributed by atoms with van der Waals surface area (Å²) in [4.78, 5) is 5.25. The van der Waals surface area contributed by atoms with Crippen LogP contribution in [0.2, 0.25) is 0 Å². The predicted octanol–water partition coefficient (Wildman–Crippen LogP) is 6.74. The van der Waals surface area contributed by atoms with Crippen molar-refractivity contribution in [3.8, 4) is 0 Å². The minimum absolute atomic E-state index is 0.568. The Labute approximate surface area is 164 Å². The molecule has 3 rings (SSSR count). The van der Waals surface area contributed by atoms with Crippen molar-refractivity contribution in [2.24, 2.45) is 4.99 Å². The number of hydrogen-bond donors (Lipinski definition) is 0. The summed E-state index contributed by atoms with van der Waals surface area (Å²) in [7, 11) is -0.568.